The molecule has 4 aromatic rings. The van der Waals surface area contributed by atoms with Crippen LogP contribution in [0.15, 0.2) is 66.5 Å². The number of pyridine rings is 1. The van der Waals surface area contributed by atoms with E-state index in [-0.39, 0.29) is 16.7 Å². The fraction of sp³-hybridized carbons (Fsp3) is 0.241. The Morgan fingerprint density at radius 2 is 1.81 bits per heavy atom. The predicted molar refractivity (Wildman–Crippen MR) is 143 cm³/mol. The van der Waals surface area contributed by atoms with Gasteiger partial charge in [0.25, 0.3) is 5.78 Å². The maximum Gasteiger partial charge on any atom is 0.301 e. The van der Waals surface area contributed by atoms with Gasteiger partial charge in [-0.1, -0.05) is 56.4 Å². The highest BCUT2D eigenvalue weighted by Gasteiger charge is 2.48. The summed E-state index contributed by atoms with van der Waals surface area (Å²) >= 11 is 1.36. The molecule has 1 fully saturated rings. The van der Waals surface area contributed by atoms with Crippen LogP contribution in [0.4, 0.5) is 5.13 Å². The molecule has 1 saturated heterocycles. The predicted octanol–water partition coefficient (Wildman–Crippen LogP) is 6.23. The lowest BCUT2D eigenvalue weighted by atomic mass is 9.87. The highest BCUT2D eigenvalue weighted by Crippen LogP contribution is 2.44. The van der Waals surface area contributed by atoms with Gasteiger partial charge in [0, 0.05) is 18.0 Å². The van der Waals surface area contributed by atoms with Crippen molar-refractivity contribution < 1.29 is 14.7 Å². The topological polar surface area (TPSA) is 83.4 Å². The van der Waals surface area contributed by atoms with E-state index in [1.807, 2.05) is 38.1 Å². The first-order valence-electron chi connectivity index (χ1n) is 11.8. The number of aromatic nitrogens is 2. The van der Waals surface area contributed by atoms with Crippen LogP contribution in [0.1, 0.15) is 54.6 Å². The van der Waals surface area contributed by atoms with Crippen LogP contribution in [0.5, 0.6) is 0 Å². The zero-order chi connectivity index (χ0) is 25.8. The van der Waals surface area contributed by atoms with Gasteiger partial charge in [0.1, 0.15) is 5.76 Å². The fourth-order valence-electron chi connectivity index (χ4n) is 4.41. The molecule has 0 spiro atoms. The number of aryl methyl sites for hydroxylation is 2. The molecule has 182 valence electrons. The lowest BCUT2D eigenvalue weighted by Gasteiger charge is -2.22. The van der Waals surface area contributed by atoms with Gasteiger partial charge in [-0.15, -0.1) is 0 Å². The van der Waals surface area contributed by atoms with E-state index in [0.29, 0.717) is 16.3 Å². The Bertz CT molecular complexity index is 1550. The molecule has 3 heterocycles. The van der Waals surface area contributed by atoms with Gasteiger partial charge in [-0.2, -0.15) is 0 Å². The second kappa shape index (κ2) is 8.68. The minimum absolute atomic E-state index is 0.0332. The maximum absolute atomic E-state index is 13.4. The van der Waals surface area contributed by atoms with Crippen molar-refractivity contribution in [3.63, 3.8) is 0 Å². The molecule has 1 unspecified atom stereocenters. The van der Waals surface area contributed by atoms with Crippen molar-refractivity contribution in [2.45, 2.75) is 46.1 Å². The molecule has 7 heteroatoms. The third-order valence-corrected chi connectivity index (χ3v) is 7.69. The lowest BCUT2D eigenvalue weighted by Crippen LogP contribution is -2.29. The lowest BCUT2D eigenvalue weighted by molar-refractivity contribution is -0.132. The number of ketones is 1. The Hall–Kier alpha value is -3.84. The van der Waals surface area contributed by atoms with Crippen molar-refractivity contribution in [2.75, 3.05) is 4.90 Å². The number of thiazole rings is 1. The van der Waals surface area contributed by atoms with Crippen LogP contribution in [0.3, 0.4) is 0 Å². The smallest absolute Gasteiger partial charge is 0.301 e. The molecule has 0 aliphatic carbocycles. The summed E-state index contributed by atoms with van der Waals surface area (Å²) in [6.07, 6.45) is 3.24. The second-order valence-electron chi connectivity index (χ2n) is 10.2. The summed E-state index contributed by atoms with van der Waals surface area (Å²) in [6, 6.07) is 14.2. The van der Waals surface area contributed by atoms with Crippen molar-refractivity contribution >= 4 is 44.1 Å². The summed E-state index contributed by atoms with van der Waals surface area (Å²) in [6.45, 7) is 10.3. The first-order chi connectivity index (χ1) is 17.1. The van der Waals surface area contributed by atoms with E-state index in [9.17, 15) is 14.7 Å². The molecule has 2 aromatic carbocycles. The van der Waals surface area contributed by atoms with Gasteiger partial charge < -0.3 is 5.11 Å². The SMILES string of the molecule is Cc1ccc(/C(O)=C2\C(=O)C(=O)N(c3nc4ccc(C(C)(C)C)cc4s3)C2c2cccnc2)cc1C. The Kier molecular flexibility index (Phi) is 5.75. The summed E-state index contributed by atoms with van der Waals surface area (Å²) in [7, 11) is 0. The molecule has 1 aliphatic rings. The number of aliphatic hydroxyl groups is 1. The van der Waals surface area contributed by atoms with E-state index in [2.05, 4.69) is 31.8 Å². The van der Waals surface area contributed by atoms with Crippen molar-refractivity contribution in [1.29, 1.82) is 0 Å². The minimum atomic E-state index is -0.844. The van der Waals surface area contributed by atoms with Crippen LogP contribution in [0.2, 0.25) is 0 Å². The van der Waals surface area contributed by atoms with E-state index in [4.69, 9.17) is 4.98 Å². The number of rotatable bonds is 3. The zero-order valence-corrected chi connectivity index (χ0v) is 21.7. The zero-order valence-electron chi connectivity index (χ0n) is 20.9. The Morgan fingerprint density at radius 3 is 2.47 bits per heavy atom. The van der Waals surface area contributed by atoms with E-state index < -0.39 is 17.7 Å². The van der Waals surface area contributed by atoms with Crippen LogP contribution in [0, 0.1) is 13.8 Å². The molecule has 1 atom stereocenters. The number of nitrogens with zero attached hydrogens (tertiary/aromatic N) is 3. The summed E-state index contributed by atoms with van der Waals surface area (Å²) in [5.41, 5.74) is 5.07. The standard InChI is InChI=1S/C29H27N3O3S/c1-16-8-9-18(13-17(16)2)25(33)23-24(19-7-6-12-30-15-19)32(27(35)26(23)34)28-31-21-11-10-20(29(3,4)5)14-22(21)36-28/h6-15,24,33H,1-5H3/b25-23+. The van der Waals surface area contributed by atoms with Gasteiger partial charge in [0.15, 0.2) is 5.13 Å². The van der Waals surface area contributed by atoms with Gasteiger partial charge in [-0.3, -0.25) is 19.5 Å². The molecule has 2 aromatic heterocycles. The molecular weight excluding hydrogens is 470 g/mol. The first-order valence-corrected chi connectivity index (χ1v) is 12.6. The van der Waals surface area contributed by atoms with Crippen molar-refractivity contribution in [3.8, 4) is 0 Å². The Balaban J connectivity index is 1.70. The van der Waals surface area contributed by atoms with Gasteiger partial charge in [0.2, 0.25) is 0 Å². The molecule has 6 nitrogen and oxygen atoms in total. The molecule has 0 bridgehead atoms. The number of fused-ring (bicyclic) bond motifs is 1. The summed E-state index contributed by atoms with van der Waals surface area (Å²) < 4.78 is 0.929. The first kappa shape index (κ1) is 23.9. The van der Waals surface area contributed by atoms with Crippen molar-refractivity contribution in [3.05, 3.63) is 94.3 Å². The molecule has 1 amide bonds. The summed E-state index contributed by atoms with van der Waals surface area (Å²) in [5, 5.41) is 11.7. The normalized spacial score (nSPS) is 17.8. The number of aliphatic hydroxyl groups excluding tert-OH is 1. The highest BCUT2D eigenvalue weighted by molar-refractivity contribution is 7.22. The Morgan fingerprint density at radius 1 is 1.03 bits per heavy atom. The number of anilines is 1. The van der Waals surface area contributed by atoms with E-state index in [0.717, 1.165) is 26.9 Å². The number of hydrogen-bond donors (Lipinski definition) is 1. The monoisotopic (exact) mass is 497 g/mol. The number of amides is 1. The fourth-order valence-corrected chi connectivity index (χ4v) is 5.44. The number of benzene rings is 2. The van der Waals surface area contributed by atoms with E-state index in [1.54, 1.807) is 30.6 Å². The van der Waals surface area contributed by atoms with Gasteiger partial charge >= 0.3 is 5.91 Å². The van der Waals surface area contributed by atoms with Crippen LogP contribution in [-0.4, -0.2) is 26.8 Å². The largest absolute Gasteiger partial charge is 0.507 e. The van der Waals surface area contributed by atoms with Gasteiger partial charge in [-0.25, -0.2) is 4.98 Å². The van der Waals surface area contributed by atoms with Crippen molar-refractivity contribution in [1.82, 2.24) is 9.97 Å². The number of hydrogen-bond acceptors (Lipinski definition) is 6. The molecule has 0 radical (unpaired) electrons. The van der Waals surface area contributed by atoms with Crippen LogP contribution in [-0.2, 0) is 15.0 Å². The average molecular weight is 498 g/mol. The molecule has 1 N–H and O–H groups in total. The summed E-state index contributed by atoms with van der Waals surface area (Å²) in [4.78, 5) is 37.1. The van der Waals surface area contributed by atoms with Crippen LogP contribution in [0.25, 0.3) is 16.0 Å². The number of carbonyl (C=O) groups excluding carboxylic acids is 2. The maximum atomic E-state index is 13.4. The third kappa shape index (κ3) is 3.99. The molecule has 5 rings (SSSR count). The van der Waals surface area contributed by atoms with Crippen LogP contribution < -0.4 is 4.90 Å². The molecular formula is C29H27N3O3S. The average Bonchev–Trinajstić information content (AvgIpc) is 3.38. The highest BCUT2D eigenvalue weighted by atomic mass is 32.1. The number of Topliss-reactive ketones (excluding diaryl/α,β-unsaturated/α-hetero) is 1. The number of carbonyl (C=O) groups is 2. The van der Waals surface area contributed by atoms with E-state index in [1.165, 1.54) is 16.2 Å². The minimum Gasteiger partial charge on any atom is -0.507 e. The summed E-state index contributed by atoms with van der Waals surface area (Å²) in [5.74, 6) is -1.66. The van der Waals surface area contributed by atoms with Gasteiger partial charge in [0.05, 0.1) is 21.8 Å². The van der Waals surface area contributed by atoms with E-state index >= 15 is 0 Å². The quantitative estimate of drug-likeness (QED) is 0.206. The third-order valence-electron chi connectivity index (χ3n) is 6.67. The van der Waals surface area contributed by atoms with Gasteiger partial charge in [-0.05, 0) is 65.8 Å². The van der Waals surface area contributed by atoms with Crippen LogP contribution >= 0.6 is 11.3 Å². The Labute approximate surface area is 214 Å². The van der Waals surface area contributed by atoms with Crippen molar-refractivity contribution in [2.24, 2.45) is 0 Å². The molecule has 0 saturated carbocycles. The molecule has 1 aliphatic heterocycles. The second-order valence-corrected chi connectivity index (χ2v) is 11.2. The molecule has 36 heavy (non-hydrogen) atoms.